The average Bonchev–Trinajstić information content (AvgIpc) is 2.84. The van der Waals surface area contributed by atoms with Crippen molar-refractivity contribution in [3.8, 4) is 0 Å². The van der Waals surface area contributed by atoms with Gasteiger partial charge < -0.3 is 20.9 Å². The molecule has 34 heavy (non-hydrogen) atoms. The molecule has 0 saturated carbocycles. The number of hydrogen-bond acceptors (Lipinski definition) is 6. The number of benzene rings is 1. The van der Waals surface area contributed by atoms with E-state index in [0.29, 0.717) is 6.07 Å². The summed E-state index contributed by atoms with van der Waals surface area (Å²) in [5, 5.41) is 9.01. The normalized spacial score (nSPS) is 19.7. The number of pyridine rings is 1. The van der Waals surface area contributed by atoms with Crippen LogP contribution in [0.5, 0.6) is 0 Å². The Labute approximate surface area is 188 Å². The van der Waals surface area contributed by atoms with Crippen molar-refractivity contribution >= 4 is 23.9 Å². The van der Waals surface area contributed by atoms with E-state index in [1.165, 1.54) is 0 Å². The van der Waals surface area contributed by atoms with E-state index >= 15 is 0 Å². The first-order chi connectivity index (χ1) is 15.8. The zero-order chi connectivity index (χ0) is 25.7. The van der Waals surface area contributed by atoms with Crippen LogP contribution in [0.25, 0.3) is 0 Å². The molecule has 1 aromatic carbocycles. The summed E-state index contributed by atoms with van der Waals surface area (Å²) in [5.41, 5.74) is -0.00754. The monoisotopic (exact) mass is 492 g/mol. The quantitative estimate of drug-likeness (QED) is 0.445. The number of rotatable bonds is 3. The Morgan fingerprint density at radius 1 is 1.29 bits per heavy atom. The number of anilines is 1. The summed E-state index contributed by atoms with van der Waals surface area (Å²) in [4.78, 5) is 27.9. The zero-order valence-electron chi connectivity index (χ0n) is 17.4. The van der Waals surface area contributed by atoms with Crippen molar-refractivity contribution in [3.05, 3.63) is 59.2 Å². The van der Waals surface area contributed by atoms with Gasteiger partial charge in [-0.3, -0.25) is 19.6 Å². The first-order valence-corrected chi connectivity index (χ1v) is 9.28. The molecular formula is C20H18F6N4O4. The molecule has 1 aliphatic heterocycles. The van der Waals surface area contributed by atoms with E-state index in [9.17, 15) is 31.1 Å². The smallest absolute Gasteiger partial charge is 0.418 e. The van der Waals surface area contributed by atoms with Crippen LogP contribution in [0, 0.1) is 5.82 Å². The van der Waals surface area contributed by atoms with Crippen LogP contribution >= 0.6 is 0 Å². The minimum absolute atomic E-state index is 0.240. The molecule has 0 saturated heterocycles. The second kappa shape index (κ2) is 10.1. The number of carbonyl (C=O) groups is 2. The Morgan fingerprint density at radius 2 is 1.94 bits per heavy atom. The molecule has 0 fully saturated rings. The summed E-state index contributed by atoms with van der Waals surface area (Å²) < 4.78 is 88.1. The third kappa shape index (κ3) is 5.62. The molecule has 1 atom stereocenters. The molecule has 2 aromatic rings. The number of carbonyl (C=O) groups excluding carboxylic acids is 1. The van der Waals surface area contributed by atoms with Crippen molar-refractivity contribution < 1.29 is 45.8 Å². The number of aliphatic imine (C=N–C) groups is 1. The number of nitrogens with one attached hydrogen (secondary N) is 1. The van der Waals surface area contributed by atoms with Gasteiger partial charge in [0.05, 0.1) is 5.56 Å². The predicted octanol–water partition coefficient (Wildman–Crippen LogP) is 3.43. The first-order valence-electron chi connectivity index (χ1n) is 9.28. The molecule has 184 valence electrons. The Bertz CT molecular complexity index is 1090. The van der Waals surface area contributed by atoms with E-state index in [0.717, 1.165) is 37.4 Å². The molecule has 0 spiro atoms. The van der Waals surface area contributed by atoms with Gasteiger partial charge in [0.15, 0.2) is 5.54 Å². The largest absolute Gasteiger partial charge is 0.483 e. The fourth-order valence-corrected chi connectivity index (χ4v) is 3.06. The molecule has 14 heteroatoms. The van der Waals surface area contributed by atoms with Crippen molar-refractivity contribution in [2.24, 2.45) is 10.7 Å². The molecule has 2 heterocycles. The number of hydrogen-bond donors (Lipinski definition) is 3. The Kier molecular flexibility index (Phi) is 7.87. The first kappa shape index (κ1) is 26.6. The summed E-state index contributed by atoms with van der Waals surface area (Å²) in [6.07, 6.45) is -3.86. The Balaban J connectivity index is 0.00000129. The number of aromatic nitrogens is 1. The summed E-state index contributed by atoms with van der Waals surface area (Å²) in [5.74, 6) is -6.30. The average molecular weight is 492 g/mol. The van der Waals surface area contributed by atoms with Gasteiger partial charge in [0.1, 0.15) is 30.6 Å². The summed E-state index contributed by atoms with van der Waals surface area (Å²) in [6, 6.07) is 4.33. The molecule has 1 aromatic heterocycles. The highest BCUT2D eigenvalue weighted by Gasteiger charge is 2.54. The number of nitrogens with zero attached hydrogens (tertiary/aromatic N) is 2. The number of amides is 1. The van der Waals surface area contributed by atoms with Gasteiger partial charge in [0.2, 0.25) is 0 Å². The van der Waals surface area contributed by atoms with Gasteiger partial charge in [0.25, 0.3) is 18.3 Å². The lowest BCUT2D eigenvalue weighted by Gasteiger charge is -2.33. The van der Waals surface area contributed by atoms with Crippen molar-refractivity contribution in [3.63, 3.8) is 0 Å². The molecule has 1 amide bonds. The van der Waals surface area contributed by atoms with E-state index in [1.54, 1.807) is 0 Å². The van der Waals surface area contributed by atoms with E-state index < -0.39 is 52.8 Å². The molecule has 1 aliphatic rings. The van der Waals surface area contributed by atoms with Crippen molar-refractivity contribution in [2.75, 3.05) is 18.5 Å². The van der Waals surface area contributed by atoms with Crippen LogP contribution in [0.1, 0.15) is 28.5 Å². The lowest BCUT2D eigenvalue weighted by Crippen LogP contribution is -2.45. The van der Waals surface area contributed by atoms with Gasteiger partial charge in [-0.05, 0) is 37.3 Å². The molecule has 4 N–H and O–H groups in total. The van der Waals surface area contributed by atoms with E-state index in [2.05, 4.69) is 15.3 Å². The van der Waals surface area contributed by atoms with E-state index in [4.69, 9.17) is 20.4 Å². The minimum Gasteiger partial charge on any atom is -0.483 e. The molecule has 3 rings (SSSR count). The number of nitrogens with two attached hydrogens (primary N) is 1. The summed E-state index contributed by atoms with van der Waals surface area (Å²) in [7, 11) is 0. The van der Waals surface area contributed by atoms with Crippen molar-refractivity contribution in [1.82, 2.24) is 4.98 Å². The number of halogens is 6. The topological polar surface area (TPSA) is 127 Å². The van der Waals surface area contributed by atoms with Gasteiger partial charge in [-0.15, -0.1) is 0 Å². The van der Waals surface area contributed by atoms with Crippen LogP contribution < -0.4 is 11.1 Å². The fourth-order valence-electron chi connectivity index (χ4n) is 3.06. The molecule has 0 aliphatic carbocycles. The van der Waals surface area contributed by atoms with Crippen LogP contribution in [0.4, 0.5) is 32.0 Å². The highest BCUT2D eigenvalue weighted by atomic mass is 19.4. The van der Waals surface area contributed by atoms with E-state index in [1.807, 2.05) is 0 Å². The predicted molar refractivity (Wildman–Crippen MR) is 107 cm³/mol. The number of amidine groups is 1. The van der Waals surface area contributed by atoms with Crippen molar-refractivity contribution in [1.29, 1.82) is 0 Å². The van der Waals surface area contributed by atoms with Gasteiger partial charge in [-0.25, -0.2) is 13.2 Å². The SMILES string of the molecule is C[C@]1(c2cc(NC(=O)c3ncccc3C(F)(F)F)ccc2F)N=C(N)COCC1(F)F.O=CO. The lowest BCUT2D eigenvalue weighted by atomic mass is 9.85. The van der Waals surface area contributed by atoms with Gasteiger partial charge in [-0.2, -0.15) is 13.2 Å². The zero-order valence-corrected chi connectivity index (χ0v) is 17.4. The van der Waals surface area contributed by atoms with Crippen LogP contribution in [0.15, 0.2) is 41.5 Å². The third-order valence-electron chi connectivity index (χ3n) is 4.69. The number of carboxylic acid groups (broad SMARTS) is 1. The molecule has 0 bridgehead atoms. The van der Waals surface area contributed by atoms with Crippen LogP contribution in [-0.4, -0.2) is 47.4 Å². The Hall–Kier alpha value is -3.68. The summed E-state index contributed by atoms with van der Waals surface area (Å²) in [6.45, 7) is -0.783. The Morgan fingerprint density at radius 3 is 2.56 bits per heavy atom. The second-order valence-corrected chi connectivity index (χ2v) is 7.02. The summed E-state index contributed by atoms with van der Waals surface area (Å²) >= 11 is 0. The minimum atomic E-state index is -4.85. The molecule has 0 unspecified atom stereocenters. The van der Waals surface area contributed by atoms with Gasteiger partial charge in [-0.1, -0.05) is 0 Å². The lowest BCUT2D eigenvalue weighted by molar-refractivity contribution is -0.138. The van der Waals surface area contributed by atoms with E-state index in [-0.39, 0.29) is 24.6 Å². The second-order valence-electron chi connectivity index (χ2n) is 7.02. The van der Waals surface area contributed by atoms with Crippen LogP contribution in [0.2, 0.25) is 0 Å². The molecular weight excluding hydrogens is 474 g/mol. The highest BCUT2D eigenvalue weighted by Crippen LogP contribution is 2.44. The van der Waals surface area contributed by atoms with Crippen LogP contribution in [0.3, 0.4) is 0 Å². The number of alkyl halides is 5. The maximum absolute atomic E-state index is 14.7. The van der Waals surface area contributed by atoms with Crippen LogP contribution in [-0.2, 0) is 21.2 Å². The number of ether oxygens (including phenoxy) is 1. The third-order valence-corrected chi connectivity index (χ3v) is 4.69. The maximum atomic E-state index is 14.7. The molecule has 0 radical (unpaired) electrons. The van der Waals surface area contributed by atoms with Gasteiger partial charge >= 0.3 is 6.18 Å². The maximum Gasteiger partial charge on any atom is 0.418 e. The van der Waals surface area contributed by atoms with Crippen molar-refractivity contribution in [2.45, 2.75) is 24.6 Å². The standard InChI is InChI=1S/C19H16F6N4O2.CH2O2/c1-17(18(21,22)9-31-8-14(26)29-17)12-7-10(4-5-13(12)20)28-16(30)15-11(19(23,24)25)3-2-6-27-15;2-1-3/h2-7H,8-9H2,1H3,(H2,26,29)(H,28,30);1H,(H,2,3)/t17-;/m1./s1. The fraction of sp³-hybridized carbons (Fsp3) is 0.300. The van der Waals surface area contributed by atoms with Gasteiger partial charge in [0, 0.05) is 17.4 Å². The highest BCUT2D eigenvalue weighted by molar-refractivity contribution is 6.04. The molecule has 8 nitrogen and oxygen atoms in total.